The van der Waals surface area contributed by atoms with Crippen molar-refractivity contribution < 1.29 is 32.0 Å². The van der Waals surface area contributed by atoms with Gasteiger partial charge in [0.1, 0.15) is 11.5 Å². The summed E-state index contributed by atoms with van der Waals surface area (Å²) in [5, 5.41) is 6.35. The Hall–Kier alpha value is -2.75. The van der Waals surface area contributed by atoms with Crippen LogP contribution in [0.1, 0.15) is 16.9 Å². The number of halogens is 3. The molecule has 0 radical (unpaired) electrons. The van der Waals surface area contributed by atoms with Gasteiger partial charge >= 0.3 is 6.18 Å². The van der Waals surface area contributed by atoms with Crippen molar-refractivity contribution in [2.75, 3.05) is 40.9 Å². The topological polar surface area (TPSA) is 76.8 Å². The maximum Gasteiger partial charge on any atom is 0.401 e. The first-order valence-corrected chi connectivity index (χ1v) is 8.46. The van der Waals surface area contributed by atoms with Crippen LogP contribution in [-0.4, -0.2) is 63.0 Å². The molecule has 2 rings (SSSR count). The third kappa shape index (κ3) is 6.15. The van der Waals surface area contributed by atoms with Crippen molar-refractivity contribution in [1.82, 2.24) is 15.4 Å². The van der Waals surface area contributed by atoms with E-state index in [9.17, 15) is 18.0 Å². The number of alkyl halides is 3. The second-order valence-corrected chi connectivity index (χ2v) is 6.11. The Morgan fingerprint density at radius 3 is 2.64 bits per heavy atom. The lowest BCUT2D eigenvalue weighted by Gasteiger charge is -2.18. The van der Waals surface area contributed by atoms with Gasteiger partial charge in [0.25, 0.3) is 5.91 Å². The smallest absolute Gasteiger partial charge is 0.401 e. The Kier molecular flexibility index (Phi) is 7.27. The molecule has 0 aliphatic heterocycles. The number of carbonyl (C=O) groups is 1. The molecule has 0 bridgehead atoms. The average molecular weight is 401 g/mol. The number of ether oxygens (including phenoxy) is 2. The Bertz CT molecular complexity index is 793. The highest BCUT2D eigenvalue weighted by Gasteiger charge is 2.28. The summed E-state index contributed by atoms with van der Waals surface area (Å²) in [5.41, 5.74) is 0.630. The Morgan fingerprint density at radius 1 is 1.25 bits per heavy atom. The van der Waals surface area contributed by atoms with Gasteiger partial charge in [0, 0.05) is 12.6 Å². The summed E-state index contributed by atoms with van der Waals surface area (Å²) in [6.45, 7) is -0.577. The first-order chi connectivity index (χ1) is 13.2. The highest BCUT2D eigenvalue weighted by molar-refractivity contribution is 5.93. The number of methoxy groups -OCH3 is 2. The number of benzene rings is 1. The molecule has 0 atom stereocenters. The van der Waals surface area contributed by atoms with Crippen molar-refractivity contribution in [3.63, 3.8) is 0 Å². The maximum absolute atomic E-state index is 12.3. The highest BCUT2D eigenvalue weighted by Crippen LogP contribution is 2.33. The van der Waals surface area contributed by atoms with Crippen LogP contribution in [0.2, 0.25) is 0 Å². The summed E-state index contributed by atoms with van der Waals surface area (Å²) in [6, 6.07) is 6.58. The predicted octanol–water partition coefficient (Wildman–Crippen LogP) is 2.97. The molecule has 1 amide bonds. The zero-order chi connectivity index (χ0) is 20.7. The molecule has 1 heterocycles. The number of amides is 1. The fraction of sp³-hybridized carbons (Fsp3) is 0.444. The largest absolute Gasteiger partial charge is 0.497 e. The van der Waals surface area contributed by atoms with Gasteiger partial charge in [-0.05, 0) is 38.2 Å². The lowest BCUT2D eigenvalue weighted by Crippen LogP contribution is -2.33. The molecule has 2 aromatic rings. The van der Waals surface area contributed by atoms with Gasteiger partial charge in [-0.15, -0.1) is 0 Å². The molecule has 0 saturated heterocycles. The van der Waals surface area contributed by atoms with Gasteiger partial charge in [0.2, 0.25) is 0 Å². The third-order valence-electron chi connectivity index (χ3n) is 3.87. The number of aromatic nitrogens is 1. The van der Waals surface area contributed by atoms with Gasteiger partial charge in [0.05, 0.1) is 26.3 Å². The van der Waals surface area contributed by atoms with Gasteiger partial charge in [-0.2, -0.15) is 13.2 Å². The van der Waals surface area contributed by atoms with Crippen molar-refractivity contribution in [3.8, 4) is 22.8 Å². The van der Waals surface area contributed by atoms with Crippen LogP contribution >= 0.6 is 0 Å². The first-order valence-electron chi connectivity index (χ1n) is 8.46. The summed E-state index contributed by atoms with van der Waals surface area (Å²) in [7, 11) is 4.41. The molecule has 28 heavy (non-hydrogen) atoms. The molecule has 154 valence electrons. The number of carbonyl (C=O) groups excluding carboxylic acids is 1. The maximum atomic E-state index is 12.3. The van der Waals surface area contributed by atoms with Crippen LogP contribution in [0, 0.1) is 0 Å². The molecule has 1 N–H and O–H groups in total. The second-order valence-electron chi connectivity index (χ2n) is 6.11. The van der Waals surface area contributed by atoms with Gasteiger partial charge in [-0.1, -0.05) is 5.16 Å². The zero-order valence-electron chi connectivity index (χ0n) is 15.8. The Morgan fingerprint density at radius 2 is 2.00 bits per heavy atom. The van der Waals surface area contributed by atoms with Crippen LogP contribution in [0.3, 0.4) is 0 Å². The predicted molar refractivity (Wildman–Crippen MR) is 95.5 cm³/mol. The molecule has 0 aliphatic rings. The van der Waals surface area contributed by atoms with Crippen molar-refractivity contribution in [1.29, 1.82) is 0 Å². The molecule has 0 aliphatic carbocycles. The molecule has 10 heteroatoms. The van der Waals surface area contributed by atoms with E-state index in [0.29, 0.717) is 29.2 Å². The van der Waals surface area contributed by atoms with Crippen LogP contribution < -0.4 is 14.8 Å². The van der Waals surface area contributed by atoms with Gasteiger partial charge in [-0.3, -0.25) is 9.69 Å². The SMILES string of the molecule is COc1ccc(OC)c(-c2cc(C(=O)NCCCN(C)CC(F)(F)F)no2)c1. The molecule has 7 nitrogen and oxygen atoms in total. The Labute approximate surface area is 160 Å². The van der Waals surface area contributed by atoms with Gasteiger partial charge in [0.15, 0.2) is 11.5 Å². The molecule has 0 spiro atoms. The second kappa shape index (κ2) is 9.45. The third-order valence-corrected chi connectivity index (χ3v) is 3.87. The number of nitrogens with one attached hydrogen (secondary N) is 1. The minimum atomic E-state index is -4.24. The number of rotatable bonds is 9. The molecule has 0 saturated carbocycles. The molecule has 0 fully saturated rings. The van der Waals surface area contributed by atoms with Crippen LogP contribution in [0.25, 0.3) is 11.3 Å². The minimum absolute atomic E-state index is 0.0588. The molecule has 0 unspecified atom stereocenters. The van der Waals surface area contributed by atoms with Gasteiger partial charge in [-0.25, -0.2) is 0 Å². The lowest BCUT2D eigenvalue weighted by atomic mass is 10.1. The van der Waals surface area contributed by atoms with Crippen LogP contribution in [0.4, 0.5) is 13.2 Å². The molecule has 1 aromatic heterocycles. The molecular formula is C18H22F3N3O4. The van der Waals surface area contributed by atoms with Crippen molar-refractivity contribution >= 4 is 5.91 Å². The normalized spacial score (nSPS) is 11.5. The van der Waals surface area contributed by atoms with E-state index in [4.69, 9.17) is 14.0 Å². The van der Waals surface area contributed by atoms with Crippen molar-refractivity contribution in [2.24, 2.45) is 0 Å². The van der Waals surface area contributed by atoms with E-state index in [1.165, 1.54) is 27.3 Å². The molecule has 1 aromatic carbocycles. The minimum Gasteiger partial charge on any atom is -0.497 e. The van der Waals surface area contributed by atoms with Gasteiger partial charge < -0.3 is 19.3 Å². The summed E-state index contributed by atoms with van der Waals surface area (Å²) in [4.78, 5) is 13.3. The fourth-order valence-electron chi connectivity index (χ4n) is 2.54. The zero-order valence-corrected chi connectivity index (χ0v) is 15.8. The summed E-state index contributed by atoms with van der Waals surface area (Å²) < 4.78 is 52.5. The van der Waals surface area contributed by atoms with E-state index in [1.807, 2.05) is 0 Å². The van der Waals surface area contributed by atoms with E-state index in [-0.39, 0.29) is 18.8 Å². The van der Waals surface area contributed by atoms with Crippen LogP contribution in [0.15, 0.2) is 28.8 Å². The quantitative estimate of drug-likeness (QED) is 0.651. The van der Waals surface area contributed by atoms with E-state index in [0.717, 1.165) is 4.90 Å². The van der Waals surface area contributed by atoms with Crippen LogP contribution in [-0.2, 0) is 0 Å². The summed E-state index contributed by atoms with van der Waals surface area (Å²) in [6.07, 6.45) is -3.87. The van der Waals surface area contributed by atoms with E-state index >= 15 is 0 Å². The monoisotopic (exact) mass is 401 g/mol. The standard InChI is InChI=1S/C18H22F3N3O4/c1-24(11-18(19,20)21)8-4-7-22-17(25)14-10-16(28-23-14)13-9-12(26-2)5-6-15(13)27-3/h5-6,9-10H,4,7-8,11H2,1-3H3,(H,22,25). The van der Waals surface area contributed by atoms with E-state index in [1.54, 1.807) is 18.2 Å². The average Bonchev–Trinajstić information content (AvgIpc) is 3.13. The lowest BCUT2D eigenvalue weighted by molar-refractivity contribution is -0.143. The first kappa shape index (κ1) is 21.5. The number of hydrogen-bond donors (Lipinski definition) is 1. The van der Waals surface area contributed by atoms with Crippen molar-refractivity contribution in [2.45, 2.75) is 12.6 Å². The summed E-state index contributed by atoms with van der Waals surface area (Å²) >= 11 is 0. The van der Waals surface area contributed by atoms with E-state index < -0.39 is 18.6 Å². The summed E-state index contributed by atoms with van der Waals surface area (Å²) in [5.74, 6) is 0.957. The number of nitrogens with zero attached hydrogens (tertiary/aromatic N) is 2. The highest BCUT2D eigenvalue weighted by atomic mass is 19.4. The number of hydrogen-bond acceptors (Lipinski definition) is 6. The van der Waals surface area contributed by atoms with E-state index in [2.05, 4.69) is 10.5 Å². The molecular weight excluding hydrogens is 379 g/mol. The van der Waals surface area contributed by atoms with Crippen molar-refractivity contribution in [3.05, 3.63) is 30.0 Å². The fourth-order valence-corrected chi connectivity index (χ4v) is 2.54. The Balaban J connectivity index is 1.92. The van der Waals surface area contributed by atoms with Crippen LogP contribution in [0.5, 0.6) is 11.5 Å².